The van der Waals surface area contributed by atoms with Gasteiger partial charge in [0.2, 0.25) is 5.43 Å². The van der Waals surface area contributed by atoms with Crippen LogP contribution in [0, 0.1) is 0 Å². The van der Waals surface area contributed by atoms with E-state index in [1.165, 1.54) is 0 Å². The summed E-state index contributed by atoms with van der Waals surface area (Å²) in [6.45, 7) is 0. The van der Waals surface area contributed by atoms with Crippen LogP contribution in [0.2, 0.25) is 0 Å². The highest BCUT2D eigenvalue weighted by Crippen LogP contribution is 2.04. The second-order valence-corrected chi connectivity index (χ2v) is 3.21. The summed E-state index contributed by atoms with van der Waals surface area (Å²) in [6, 6.07) is 0. The molecule has 1 aromatic rings. The van der Waals surface area contributed by atoms with Crippen molar-refractivity contribution < 1.29 is 0 Å². The Kier molecular flexibility index (Phi) is 2.31. The summed E-state index contributed by atoms with van der Waals surface area (Å²) >= 11 is 6.90. The normalized spacial score (nSPS) is 9.56. The fourth-order valence-electron chi connectivity index (χ4n) is 0.260. The predicted molar refractivity (Wildman–Crippen MR) is 41.6 cm³/mol. The molecule has 0 N–H and O–H groups in total. The van der Waals surface area contributed by atoms with Gasteiger partial charge >= 0.3 is 0 Å². The average molecular weight is 272 g/mol. The lowest BCUT2D eigenvalue weighted by Gasteiger charge is -1.83. The SMILES string of the molecule is O=c1c(Br)nsnc1Br. The zero-order chi connectivity index (χ0) is 6.85. The molecule has 6 heteroatoms. The van der Waals surface area contributed by atoms with E-state index in [0.29, 0.717) is 9.21 Å². The van der Waals surface area contributed by atoms with Crippen molar-refractivity contribution >= 4 is 43.6 Å². The maximum Gasteiger partial charge on any atom is 0.246 e. The summed E-state index contributed by atoms with van der Waals surface area (Å²) in [5, 5.41) is 0. The molecule has 0 fully saturated rings. The molecule has 0 aromatic carbocycles. The van der Waals surface area contributed by atoms with Crippen LogP contribution in [-0.2, 0) is 0 Å². The largest absolute Gasteiger partial charge is 0.284 e. The van der Waals surface area contributed by atoms with Gasteiger partial charge in [-0.25, -0.2) is 0 Å². The first-order valence-corrected chi connectivity index (χ1v) is 4.21. The van der Waals surface area contributed by atoms with Crippen molar-refractivity contribution in [2.75, 3.05) is 0 Å². The molecule has 1 heterocycles. The van der Waals surface area contributed by atoms with E-state index >= 15 is 0 Å². The first-order valence-electron chi connectivity index (χ1n) is 1.89. The molecule has 1 aromatic heterocycles. The van der Waals surface area contributed by atoms with Gasteiger partial charge in [-0.05, 0) is 31.9 Å². The summed E-state index contributed by atoms with van der Waals surface area (Å²) in [5.41, 5.74) is -0.214. The lowest BCUT2D eigenvalue weighted by Crippen LogP contribution is -2.04. The lowest BCUT2D eigenvalue weighted by atomic mass is 10.7. The molecule has 0 unspecified atom stereocenters. The third-order valence-electron chi connectivity index (χ3n) is 0.617. The van der Waals surface area contributed by atoms with E-state index in [0.717, 1.165) is 11.7 Å². The minimum Gasteiger partial charge on any atom is -0.284 e. The number of nitrogens with zero attached hydrogens (tertiary/aromatic N) is 2. The molecular weight excluding hydrogens is 272 g/mol. The number of hydrogen-bond acceptors (Lipinski definition) is 4. The van der Waals surface area contributed by atoms with Crippen molar-refractivity contribution in [1.29, 1.82) is 0 Å². The zero-order valence-electron chi connectivity index (χ0n) is 3.97. The third-order valence-corrected chi connectivity index (χ3v) is 2.69. The van der Waals surface area contributed by atoms with Gasteiger partial charge in [0.15, 0.2) is 9.21 Å². The van der Waals surface area contributed by atoms with E-state index in [4.69, 9.17) is 0 Å². The molecule has 3 nitrogen and oxygen atoms in total. The molecule has 0 spiro atoms. The molecule has 0 aliphatic heterocycles. The van der Waals surface area contributed by atoms with E-state index in [2.05, 4.69) is 40.6 Å². The summed E-state index contributed by atoms with van der Waals surface area (Å²) in [7, 11) is 0. The van der Waals surface area contributed by atoms with Crippen molar-refractivity contribution in [2.45, 2.75) is 0 Å². The standard InChI is InChI=1S/C3Br2N2OS/c4-2-1(8)3(5)7-9-6-2. The van der Waals surface area contributed by atoms with Gasteiger partial charge in [0.1, 0.15) is 0 Å². The van der Waals surface area contributed by atoms with E-state index in [1.54, 1.807) is 0 Å². The molecule has 0 atom stereocenters. The molecule has 0 saturated carbocycles. The molecule has 0 aliphatic rings. The summed E-state index contributed by atoms with van der Waals surface area (Å²) in [5.74, 6) is 0. The second-order valence-electron chi connectivity index (χ2n) is 1.17. The van der Waals surface area contributed by atoms with Crippen LogP contribution in [-0.4, -0.2) is 8.75 Å². The van der Waals surface area contributed by atoms with Crippen LogP contribution < -0.4 is 5.43 Å². The van der Waals surface area contributed by atoms with Crippen molar-refractivity contribution in [3.05, 3.63) is 19.4 Å². The van der Waals surface area contributed by atoms with Gasteiger partial charge in [-0.1, -0.05) is 0 Å². The van der Waals surface area contributed by atoms with E-state index in [9.17, 15) is 4.79 Å². The lowest BCUT2D eigenvalue weighted by molar-refractivity contribution is 1.26. The van der Waals surface area contributed by atoms with Crippen LogP contribution in [0.15, 0.2) is 14.0 Å². The van der Waals surface area contributed by atoms with Gasteiger partial charge in [0.25, 0.3) is 0 Å². The van der Waals surface area contributed by atoms with Crippen LogP contribution in [0.25, 0.3) is 0 Å². The first-order chi connectivity index (χ1) is 4.22. The quantitative estimate of drug-likeness (QED) is 0.717. The monoisotopic (exact) mass is 270 g/mol. The Hall–Kier alpha value is 0.190. The molecule has 0 aliphatic carbocycles. The second kappa shape index (κ2) is 2.85. The maximum atomic E-state index is 10.8. The summed E-state index contributed by atoms with van der Waals surface area (Å²) in [4.78, 5) is 10.8. The highest BCUT2D eigenvalue weighted by Gasteiger charge is 2.00. The number of aromatic nitrogens is 2. The molecule has 0 radical (unpaired) electrons. The van der Waals surface area contributed by atoms with Crippen LogP contribution in [0.1, 0.15) is 0 Å². The Morgan fingerprint density at radius 1 is 1.22 bits per heavy atom. The minimum atomic E-state index is -0.214. The van der Waals surface area contributed by atoms with Gasteiger partial charge < -0.3 is 0 Å². The predicted octanol–water partition coefficient (Wildman–Crippen LogP) is 1.42. The number of hydrogen-bond donors (Lipinski definition) is 0. The van der Waals surface area contributed by atoms with Gasteiger partial charge in [0.05, 0.1) is 11.7 Å². The van der Waals surface area contributed by atoms with Gasteiger partial charge in [-0.2, -0.15) is 8.75 Å². The van der Waals surface area contributed by atoms with E-state index < -0.39 is 0 Å². The van der Waals surface area contributed by atoms with Crippen molar-refractivity contribution in [2.24, 2.45) is 0 Å². The van der Waals surface area contributed by atoms with Gasteiger partial charge in [-0.15, -0.1) is 0 Å². The average Bonchev–Trinajstić information content (AvgIpc) is 1.83. The molecule has 0 saturated heterocycles. The molecular formula is C3Br2N2OS. The zero-order valence-corrected chi connectivity index (χ0v) is 7.96. The number of halogens is 2. The highest BCUT2D eigenvalue weighted by atomic mass is 79.9. The molecule has 0 amide bonds. The van der Waals surface area contributed by atoms with Gasteiger partial charge in [-0.3, -0.25) is 4.79 Å². The van der Waals surface area contributed by atoms with Crippen LogP contribution in [0.5, 0.6) is 0 Å². The third kappa shape index (κ3) is 1.56. The van der Waals surface area contributed by atoms with Crippen molar-refractivity contribution in [3.8, 4) is 0 Å². The number of rotatable bonds is 0. The van der Waals surface area contributed by atoms with Crippen LogP contribution in [0.3, 0.4) is 0 Å². The highest BCUT2D eigenvalue weighted by molar-refractivity contribution is 9.11. The molecule has 0 bridgehead atoms. The van der Waals surface area contributed by atoms with Crippen molar-refractivity contribution in [1.82, 2.24) is 8.75 Å². The Balaban J connectivity index is 3.43. The van der Waals surface area contributed by atoms with E-state index in [1.807, 2.05) is 0 Å². The smallest absolute Gasteiger partial charge is 0.246 e. The van der Waals surface area contributed by atoms with E-state index in [-0.39, 0.29) is 5.43 Å². The fraction of sp³-hybridized carbons (Fsp3) is 0. The Morgan fingerprint density at radius 3 is 2.00 bits per heavy atom. The van der Waals surface area contributed by atoms with Crippen LogP contribution in [0.4, 0.5) is 0 Å². The summed E-state index contributed by atoms with van der Waals surface area (Å²) in [6.07, 6.45) is 0. The molecule has 1 rings (SSSR count). The molecule has 9 heavy (non-hydrogen) atoms. The Labute approximate surface area is 71.7 Å². The topological polar surface area (TPSA) is 42.9 Å². The van der Waals surface area contributed by atoms with Crippen LogP contribution >= 0.6 is 43.6 Å². The minimum absolute atomic E-state index is 0.214. The van der Waals surface area contributed by atoms with Crippen molar-refractivity contribution in [3.63, 3.8) is 0 Å². The van der Waals surface area contributed by atoms with Gasteiger partial charge in [0, 0.05) is 0 Å². The molecule has 48 valence electrons. The summed E-state index contributed by atoms with van der Waals surface area (Å²) < 4.78 is 7.89. The first kappa shape index (κ1) is 7.30. The maximum absolute atomic E-state index is 10.8. The fourth-order valence-corrected chi connectivity index (χ4v) is 1.64. The Morgan fingerprint density at radius 2 is 1.67 bits per heavy atom. The Bertz CT molecular complexity index is 250.